The number of ether oxygens (including phenoxy) is 3. The molecule has 3 heterocycles. The van der Waals surface area contributed by atoms with Gasteiger partial charge in [-0.15, -0.1) is 0 Å². The average molecular weight is 589 g/mol. The Hall–Kier alpha value is -4.90. The number of carbonyl (C=O) groups is 3. The van der Waals surface area contributed by atoms with E-state index in [4.69, 9.17) is 18.6 Å². The van der Waals surface area contributed by atoms with Gasteiger partial charge in [-0.05, 0) is 43.7 Å². The lowest BCUT2D eigenvalue weighted by atomic mass is 9.95. The number of aromatic nitrogens is 1. The fraction of sp³-hybridized carbons (Fsp3) is 0.226. The van der Waals surface area contributed by atoms with Crippen LogP contribution in [0.1, 0.15) is 51.4 Å². The highest BCUT2D eigenvalue weighted by Crippen LogP contribution is 2.46. The van der Waals surface area contributed by atoms with Crippen molar-refractivity contribution in [3.63, 3.8) is 0 Å². The number of benzene rings is 2. The third-order valence-electron chi connectivity index (χ3n) is 6.66. The van der Waals surface area contributed by atoms with Crippen LogP contribution in [-0.4, -0.2) is 47.9 Å². The topological polar surface area (TPSA) is 128 Å². The first-order chi connectivity index (χ1) is 20.2. The van der Waals surface area contributed by atoms with Crippen LogP contribution in [0.25, 0.3) is 11.0 Å². The summed E-state index contributed by atoms with van der Waals surface area (Å²) in [6, 6.07) is 10.6. The van der Waals surface area contributed by atoms with Gasteiger partial charge in [0.2, 0.25) is 5.78 Å². The molecule has 1 aliphatic heterocycles. The van der Waals surface area contributed by atoms with Crippen molar-refractivity contribution in [3.8, 4) is 17.2 Å². The maximum absolute atomic E-state index is 14.1. The second-order valence-electron chi connectivity index (χ2n) is 9.36. The number of fused-ring (bicyclic) bond motifs is 1. The zero-order valence-electron chi connectivity index (χ0n) is 23.4. The third-order valence-corrected chi connectivity index (χ3v) is 7.91. The predicted molar refractivity (Wildman–Crippen MR) is 157 cm³/mol. The molecular weight excluding hydrogens is 560 g/mol. The number of ketones is 2. The predicted octanol–water partition coefficient (Wildman–Crippen LogP) is 6.16. The Morgan fingerprint density at radius 3 is 2.62 bits per heavy atom. The van der Waals surface area contributed by atoms with Gasteiger partial charge in [0.05, 0.1) is 35.9 Å². The normalized spacial score (nSPS) is 14.9. The van der Waals surface area contributed by atoms with Gasteiger partial charge in [-0.2, -0.15) is 0 Å². The third kappa shape index (κ3) is 4.92. The Bertz CT molecular complexity index is 1770. The summed E-state index contributed by atoms with van der Waals surface area (Å²) in [4.78, 5) is 46.0. The van der Waals surface area contributed by atoms with E-state index in [1.165, 1.54) is 25.0 Å². The maximum atomic E-state index is 14.1. The molecular formula is C31H28N2O8S. The molecule has 0 spiro atoms. The molecule has 0 fully saturated rings. The van der Waals surface area contributed by atoms with Crippen molar-refractivity contribution >= 4 is 44.9 Å². The fourth-order valence-electron chi connectivity index (χ4n) is 4.83. The number of methoxy groups -OCH3 is 1. The lowest BCUT2D eigenvalue weighted by Crippen LogP contribution is -2.31. The average Bonchev–Trinajstić information content (AvgIpc) is 3.66. The zero-order chi connectivity index (χ0) is 30.1. The standard InChI is InChI=1S/C31H28N2O8S/c1-6-13-40-20-12-11-18(14-22(20)39-7-2)25-24(26(35)23-15-19-9-8-10-21(38-5)28(19)41-23)27(36)30(37)33(25)31-32-16(3)29(42-31)17(4)34/h6,8-12,14-15,25,36H,1,7,13H2,2-5H3. The van der Waals surface area contributed by atoms with E-state index in [0.29, 0.717) is 51.0 Å². The first-order valence-corrected chi connectivity index (χ1v) is 13.9. The molecule has 0 aliphatic carbocycles. The van der Waals surface area contributed by atoms with Crippen LogP contribution in [0.15, 0.2) is 70.9 Å². The number of nitrogens with zero attached hydrogens (tertiary/aromatic N) is 2. The van der Waals surface area contributed by atoms with Crippen LogP contribution in [0.2, 0.25) is 0 Å². The van der Waals surface area contributed by atoms with Gasteiger partial charge < -0.3 is 23.7 Å². The minimum Gasteiger partial charge on any atom is -0.503 e. The molecule has 216 valence electrons. The van der Waals surface area contributed by atoms with Crippen LogP contribution >= 0.6 is 11.3 Å². The van der Waals surface area contributed by atoms with E-state index >= 15 is 0 Å². The minimum absolute atomic E-state index is 0.0913. The van der Waals surface area contributed by atoms with Gasteiger partial charge in [-0.25, -0.2) is 4.98 Å². The van der Waals surface area contributed by atoms with Crippen LogP contribution in [0.3, 0.4) is 0 Å². The van der Waals surface area contributed by atoms with Gasteiger partial charge in [-0.3, -0.25) is 19.3 Å². The van der Waals surface area contributed by atoms with E-state index in [2.05, 4.69) is 11.6 Å². The number of Topliss-reactive ketones (excluding diaryl/α,β-unsaturated/α-hetero) is 2. The number of carbonyl (C=O) groups excluding carboxylic acids is 3. The Morgan fingerprint density at radius 1 is 1.17 bits per heavy atom. The minimum atomic E-state index is -1.13. The lowest BCUT2D eigenvalue weighted by molar-refractivity contribution is -0.117. The quantitative estimate of drug-likeness (QED) is 0.162. The number of hydrogen-bond acceptors (Lipinski definition) is 10. The molecule has 1 N–H and O–H groups in total. The lowest BCUT2D eigenvalue weighted by Gasteiger charge is -2.25. The number of furan rings is 1. The zero-order valence-corrected chi connectivity index (χ0v) is 24.2. The summed E-state index contributed by atoms with van der Waals surface area (Å²) in [5.41, 5.74) is 1.01. The van der Waals surface area contributed by atoms with Crippen LogP contribution in [0.5, 0.6) is 17.2 Å². The monoisotopic (exact) mass is 588 g/mol. The molecule has 42 heavy (non-hydrogen) atoms. The van der Waals surface area contributed by atoms with Crippen molar-refractivity contribution in [3.05, 3.63) is 88.3 Å². The van der Waals surface area contributed by atoms with Crippen LogP contribution < -0.4 is 19.1 Å². The van der Waals surface area contributed by atoms with Gasteiger partial charge in [0.1, 0.15) is 6.61 Å². The number of aryl methyl sites for hydroxylation is 1. The van der Waals surface area contributed by atoms with Gasteiger partial charge in [-0.1, -0.05) is 42.2 Å². The van der Waals surface area contributed by atoms with Crippen molar-refractivity contribution in [2.75, 3.05) is 25.2 Å². The van der Waals surface area contributed by atoms with Crippen molar-refractivity contribution in [2.45, 2.75) is 26.8 Å². The molecule has 1 amide bonds. The Kier molecular flexibility index (Phi) is 7.86. The summed E-state index contributed by atoms with van der Waals surface area (Å²) in [5.74, 6) is -1.36. The molecule has 0 saturated heterocycles. The first kappa shape index (κ1) is 28.6. The van der Waals surface area contributed by atoms with Gasteiger partial charge >= 0.3 is 0 Å². The van der Waals surface area contributed by atoms with Gasteiger partial charge in [0.15, 0.2) is 45.3 Å². The number of hydrogen-bond donors (Lipinski definition) is 1. The van der Waals surface area contributed by atoms with E-state index in [0.717, 1.165) is 11.3 Å². The molecule has 0 saturated carbocycles. The summed E-state index contributed by atoms with van der Waals surface area (Å²) in [6.45, 7) is 9.11. The Morgan fingerprint density at radius 2 is 1.95 bits per heavy atom. The largest absolute Gasteiger partial charge is 0.503 e. The number of thiazole rings is 1. The SMILES string of the molecule is C=CCOc1ccc(C2C(C(=O)c3cc4cccc(OC)c4o3)=C(O)C(=O)N2c2nc(C)c(C(C)=O)s2)cc1OCC. The number of anilines is 1. The Balaban J connectivity index is 1.68. The number of para-hydroxylation sites is 1. The van der Waals surface area contributed by atoms with Crippen LogP contribution in [0, 0.1) is 6.92 Å². The molecule has 2 aromatic heterocycles. The molecule has 1 atom stereocenters. The first-order valence-electron chi connectivity index (χ1n) is 13.1. The molecule has 1 unspecified atom stereocenters. The molecule has 0 bridgehead atoms. The van der Waals surface area contributed by atoms with Crippen molar-refractivity contribution in [1.82, 2.24) is 4.98 Å². The molecule has 10 nitrogen and oxygen atoms in total. The van der Waals surface area contributed by atoms with E-state index in [1.807, 2.05) is 6.92 Å². The highest BCUT2D eigenvalue weighted by Gasteiger charge is 2.47. The summed E-state index contributed by atoms with van der Waals surface area (Å²) in [5, 5.41) is 12.0. The molecule has 5 rings (SSSR count). The van der Waals surface area contributed by atoms with Crippen molar-refractivity contribution < 1.29 is 38.1 Å². The van der Waals surface area contributed by atoms with Gasteiger partial charge in [0, 0.05) is 12.3 Å². The summed E-state index contributed by atoms with van der Waals surface area (Å²) >= 11 is 1.00. The molecule has 2 aromatic carbocycles. The number of rotatable bonds is 11. The highest BCUT2D eigenvalue weighted by molar-refractivity contribution is 7.17. The Labute approximate surface area is 245 Å². The second-order valence-corrected chi connectivity index (χ2v) is 10.3. The van der Waals surface area contributed by atoms with Crippen molar-refractivity contribution in [1.29, 1.82) is 0 Å². The molecule has 11 heteroatoms. The van der Waals surface area contributed by atoms with E-state index < -0.39 is 23.5 Å². The highest BCUT2D eigenvalue weighted by atomic mass is 32.1. The summed E-state index contributed by atoms with van der Waals surface area (Å²) in [6.07, 6.45) is 1.60. The summed E-state index contributed by atoms with van der Waals surface area (Å²) in [7, 11) is 1.49. The molecule has 4 aromatic rings. The van der Waals surface area contributed by atoms with Crippen LogP contribution in [-0.2, 0) is 4.79 Å². The molecule has 0 radical (unpaired) electrons. The maximum Gasteiger partial charge on any atom is 0.296 e. The second kappa shape index (κ2) is 11.5. The van der Waals surface area contributed by atoms with E-state index in [-0.39, 0.29) is 28.9 Å². The smallest absolute Gasteiger partial charge is 0.296 e. The van der Waals surface area contributed by atoms with Crippen molar-refractivity contribution in [2.24, 2.45) is 0 Å². The number of aliphatic hydroxyl groups excluding tert-OH is 1. The number of amides is 1. The van der Waals surface area contributed by atoms with E-state index in [9.17, 15) is 19.5 Å². The van der Waals surface area contributed by atoms with Gasteiger partial charge in [0.25, 0.3) is 5.91 Å². The number of aliphatic hydroxyl groups is 1. The summed E-state index contributed by atoms with van der Waals surface area (Å²) < 4.78 is 22.8. The fourth-order valence-corrected chi connectivity index (χ4v) is 5.82. The molecule has 1 aliphatic rings. The van der Waals surface area contributed by atoms with E-state index in [1.54, 1.807) is 49.4 Å². The van der Waals surface area contributed by atoms with Crippen LogP contribution in [0.4, 0.5) is 5.13 Å².